The van der Waals surface area contributed by atoms with Crippen molar-refractivity contribution in [2.75, 3.05) is 6.54 Å². The number of aromatic nitrogens is 1. The molecule has 0 unspecified atom stereocenters. The molecule has 1 rings (SSSR count). The van der Waals surface area contributed by atoms with Crippen LogP contribution in [0.25, 0.3) is 0 Å². The number of hydrogen-bond donors (Lipinski definition) is 2. The van der Waals surface area contributed by atoms with Gasteiger partial charge in [-0.3, -0.25) is 9.78 Å². The molecule has 0 aliphatic carbocycles. The van der Waals surface area contributed by atoms with E-state index in [-0.39, 0.29) is 12.5 Å². The summed E-state index contributed by atoms with van der Waals surface area (Å²) in [4.78, 5) is 14.6. The summed E-state index contributed by atoms with van der Waals surface area (Å²) in [5, 5.41) is 2.64. The molecule has 1 amide bonds. The van der Waals surface area contributed by atoms with Crippen LogP contribution < -0.4 is 11.1 Å². The van der Waals surface area contributed by atoms with Crippen molar-refractivity contribution in [3.05, 3.63) is 30.1 Å². The van der Waals surface area contributed by atoms with E-state index in [1.165, 1.54) is 0 Å². The Bertz CT molecular complexity index is 248. The Hall–Kier alpha value is -1.42. The van der Waals surface area contributed by atoms with Crippen LogP contribution in [0.4, 0.5) is 0 Å². The van der Waals surface area contributed by atoms with Gasteiger partial charge in [0.2, 0.25) is 5.91 Å². The minimum absolute atomic E-state index is 0.0280. The van der Waals surface area contributed by atoms with Crippen LogP contribution in [0.5, 0.6) is 0 Å². The average molecular weight is 165 g/mol. The highest BCUT2D eigenvalue weighted by molar-refractivity contribution is 5.77. The van der Waals surface area contributed by atoms with Crippen LogP contribution in [0.2, 0.25) is 0 Å². The Balaban J connectivity index is 2.38. The maximum Gasteiger partial charge on any atom is 0.234 e. The van der Waals surface area contributed by atoms with Crippen LogP contribution >= 0.6 is 0 Å². The highest BCUT2D eigenvalue weighted by Gasteiger charge is 1.96. The number of hydrogen-bond acceptors (Lipinski definition) is 3. The first kappa shape index (κ1) is 8.67. The van der Waals surface area contributed by atoms with Crippen molar-refractivity contribution < 1.29 is 4.79 Å². The summed E-state index contributed by atoms with van der Waals surface area (Å²) in [5.41, 5.74) is 6.08. The molecule has 64 valence electrons. The molecule has 4 heteroatoms. The number of carbonyl (C=O) groups is 1. The van der Waals surface area contributed by atoms with E-state index < -0.39 is 0 Å². The Morgan fingerprint density at radius 1 is 1.67 bits per heavy atom. The summed E-state index contributed by atoms with van der Waals surface area (Å²) in [5.74, 6) is -0.154. The molecule has 3 N–H and O–H groups in total. The van der Waals surface area contributed by atoms with Gasteiger partial charge in [-0.15, -0.1) is 0 Å². The molecule has 1 aromatic heterocycles. The second-order valence-electron chi connectivity index (χ2n) is 2.34. The van der Waals surface area contributed by atoms with Crippen LogP contribution in [0.15, 0.2) is 24.5 Å². The molecule has 0 aliphatic rings. The van der Waals surface area contributed by atoms with Gasteiger partial charge in [0.05, 0.1) is 6.54 Å². The largest absolute Gasteiger partial charge is 0.351 e. The van der Waals surface area contributed by atoms with Crippen LogP contribution in [-0.2, 0) is 11.3 Å². The normalized spacial score (nSPS) is 9.42. The molecular weight excluding hydrogens is 154 g/mol. The number of nitrogens with one attached hydrogen (secondary N) is 1. The number of rotatable bonds is 3. The molecule has 0 bridgehead atoms. The van der Waals surface area contributed by atoms with Gasteiger partial charge in [-0.2, -0.15) is 0 Å². The Morgan fingerprint density at radius 2 is 2.50 bits per heavy atom. The quantitative estimate of drug-likeness (QED) is 0.643. The predicted molar refractivity (Wildman–Crippen MR) is 45.1 cm³/mol. The van der Waals surface area contributed by atoms with Gasteiger partial charge in [-0.25, -0.2) is 0 Å². The number of amides is 1. The molecular formula is C8H11N3O. The zero-order valence-corrected chi connectivity index (χ0v) is 6.66. The van der Waals surface area contributed by atoms with E-state index in [1.54, 1.807) is 12.4 Å². The summed E-state index contributed by atoms with van der Waals surface area (Å²) in [6, 6.07) is 3.72. The average Bonchev–Trinajstić information content (AvgIpc) is 2.16. The molecule has 0 saturated heterocycles. The molecule has 0 atom stereocenters. The first-order valence-corrected chi connectivity index (χ1v) is 3.68. The molecule has 0 aliphatic heterocycles. The molecule has 12 heavy (non-hydrogen) atoms. The fraction of sp³-hybridized carbons (Fsp3) is 0.250. The maximum atomic E-state index is 10.7. The molecule has 4 nitrogen and oxygen atoms in total. The maximum absolute atomic E-state index is 10.7. The fourth-order valence-electron chi connectivity index (χ4n) is 0.776. The van der Waals surface area contributed by atoms with E-state index >= 15 is 0 Å². The molecule has 1 heterocycles. The summed E-state index contributed by atoms with van der Waals surface area (Å²) >= 11 is 0. The van der Waals surface area contributed by atoms with Gasteiger partial charge in [-0.1, -0.05) is 6.07 Å². The number of pyridine rings is 1. The minimum Gasteiger partial charge on any atom is -0.351 e. The SMILES string of the molecule is NCC(=O)NCc1cccnc1. The first-order chi connectivity index (χ1) is 5.83. The standard InChI is InChI=1S/C8H11N3O/c9-4-8(12)11-6-7-2-1-3-10-5-7/h1-3,5H,4,6,9H2,(H,11,12). The van der Waals surface area contributed by atoms with Gasteiger partial charge < -0.3 is 11.1 Å². The molecule has 1 aromatic rings. The smallest absolute Gasteiger partial charge is 0.234 e. The van der Waals surface area contributed by atoms with E-state index in [0.717, 1.165) is 5.56 Å². The van der Waals surface area contributed by atoms with Crippen molar-refractivity contribution in [3.8, 4) is 0 Å². The van der Waals surface area contributed by atoms with E-state index in [0.29, 0.717) is 6.54 Å². The number of carbonyl (C=O) groups excluding carboxylic acids is 1. The third-order valence-electron chi connectivity index (χ3n) is 1.40. The zero-order chi connectivity index (χ0) is 8.81. The van der Waals surface area contributed by atoms with Crippen LogP contribution in [0, 0.1) is 0 Å². The Kier molecular flexibility index (Phi) is 3.22. The second-order valence-corrected chi connectivity index (χ2v) is 2.34. The van der Waals surface area contributed by atoms with Crippen molar-refractivity contribution in [2.24, 2.45) is 5.73 Å². The minimum atomic E-state index is -0.154. The Labute approximate surface area is 70.8 Å². The number of nitrogens with zero attached hydrogens (tertiary/aromatic N) is 1. The van der Waals surface area contributed by atoms with Crippen LogP contribution in [0.3, 0.4) is 0 Å². The fourth-order valence-corrected chi connectivity index (χ4v) is 0.776. The van der Waals surface area contributed by atoms with E-state index in [4.69, 9.17) is 5.73 Å². The van der Waals surface area contributed by atoms with E-state index in [1.807, 2.05) is 12.1 Å². The highest BCUT2D eigenvalue weighted by atomic mass is 16.1. The summed E-state index contributed by atoms with van der Waals surface area (Å²) < 4.78 is 0. The Morgan fingerprint density at radius 3 is 3.08 bits per heavy atom. The summed E-state index contributed by atoms with van der Waals surface area (Å²) in [6.45, 7) is 0.518. The van der Waals surface area contributed by atoms with Crippen molar-refractivity contribution >= 4 is 5.91 Å². The van der Waals surface area contributed by atoms with Crippen molar-refractivity contribution in [3.63, 3.8) is 0 Å². The summed E-state index contributed by atoms with van der Waals surface area (Å²) in [7, 11) is 0. The molecule has 0 saturated carbocycles. The summed E-state index contributed by atoms with van der Waals surface area (Å²) in [6.07, 6.45) is 3.39. The third-order valence-corrected chi connectivity index (χ3v) is 1.40. The van der Waals surface area contributed by atoms with E-state index in [9.17, 15) is 4.79 Å². The van der Waals surface area contributed by atoms with Crippen molar-refractivity contribution in [2.45, 2.75) is 6.54 Å². The lowest BCUT2D eigenvalue weighted by molar-refractivity contribution is -0.119. The lowest BCUT2D eigenvalue weighted by atomic mass is 10.3. The lowest BCUT2D eigenvalue weighted by Gasteiger charge is -2.01. The predicted octanol–water partition coefficient (Wildman–Crippen LogP) is -0.344. The van der Waals surface area contributed by atoms with Crippen LogP contribution in [-0.4, -0.2) is 17.4 Å². The number of nitrogens with two attached hydrogens (primary N) is 1. The van der Waals surface area contributed by atoms with Gasteiger partial charge in [0.25, 0.3) is 0 Å². The van der Waals surface area contributed by atoms with Crippen molar-refractivity contribution in [1.29, 1.82) is 0 Å². The van der Waals surface area contributed by atoms with Crippen LogP contribution in [0.1, 0.15) is 5.56 Å². The third kappa shape index (κ3) is 2.67. The lowest BCUT2D eigenvalue weighted by Crippen LogP contribution is -2.29. The van der Waals surface area contributed by atoms with Gasteiger partial charge in [0, 0.05) is 18.9 Å². The first-order valence-electron chi connectivity index (χ1n) is 3.68. The molecule has 0 fully saturated rings. The monoisotopic (exact) mass is 165 g/mol. The molecule has 0 spiro atoms. The van der Waals surface area contributed by atoms with Gasteiger partial charge in [0.1, 0.15) is 0 Å². The molecule has 0 radical (unpaired) electrons. The second kappa shape index (κ2) is 4.46. The highest BCUT2D eigenvalue weighted by Crippen LogP contribution is 1.93. The zero-order valence-electron chi connectivity index (χ0n) is 6.66. The van der Waals surface area contributed by atoms with Gasteiger partial charge in [-0.05, 0) is 11.6 Å². The van der Waals surface area contributed by atoms with Crippen molar-refractivity contribution in [1.82, 2.24) is 10.3 Å². The topological polar surface area (TPSA) is 68.0 Å². The molecule has 0 aromatic carbocycles. The van der Waals surface area contributed by atoms with Gasteiger partial charge in [0.15, 0.2) is 0 Å². The van der Waals surface area contributed by atoms with E-state index in [2.05, 4.69) is 10.3 Å². The van der Waals surface area contributed by atoms with Gasteiger partial charge >= 0.3 is 0 Å².